The zero-order valence-electron chi connectivity index (χ0n) is 37.9. The lowest BCUT2D eigenvalue weighted by Gasteiger charge is -2.48. The summed E-state index contributed by atoms with van der Waals surface area (Å²) in [5, 5.41) is 87.5. The molecular weight excluding hydrogens is 826 g/mol. The zero-order valence-corrected chi connectivity index (χ0v) is 37.9. The highest BCUT2D eigenvalue weighted by atomic mass is 16.8. The lowest BCUT2D eigenvalue weighted by molar-refractivity contribution is -0.361. The minimum atomic E-state index is -1.92. The number of anilines is 1. The molecule has 0 bridgehead atoms. The van der Waals surface area contributed by atoms with Crippen LogP contribution in [-0.4, -0.2) is 165 Å². The smallest absolute Gasteiger partial charge is 0.308 e. The van der Waals surface area contributed by atoms with Gasteiger partial charge in [-0.1, -0.05) is 78.6 Å². The highest BCUT2D eigenvalue weighted by molar-refractivity contribution is 5.72. The molecule has 0 spiro atoms. The summed E-state index contributed by atoms with van der Waals surface area (Å²) in [7, 11) is 1.51. The number of ether oxygens (including phenoxy) is 7. The van der Waals surface area contributed by atoms with Crippen LogP contribution >= 0.6 is 0 Å². The van der Waals surface area contributed by atoms with Crippen molar-refractivity contribution < 1.29 is 83.6 Å². The lowest BCUT2D eigenvalue weighted by atomic mass is 9.96. The number of aliphatic hydroxyl groups is 8. The number of hydrogen-bond acceptors (Lipinski definition) is 18. The Bertz CT molecular complexity index is 1420. The fourth-order valence-corrected chi connectivity index (χ4v) is 7.50. The molecule has 0 saturated carbocycles. The topological polar surface area (TPSA) is 273 Å². The molecule has 2 saturated heterocycles. The third-order valence-corrected chi connectivity index (χ3v) is 11.6. The summed E-state index contributed by atoms with van der Waals surface area (Å²) in [6.45, 7) is 7.22. The number of benzene rings is 1. The second kappa shape index (κ2) is 28.3. The van der Waals surface area contributed by atoms with Gasteiger partial charge in [0.1, 0.15) is 54.6 Å². The summed E-state index contributed by atoms with van der Waals surface area (Å²) < 4.78 is 41.8. The third kappa shape index (κ3) is 17.5. The van der Waals surface area contributed by atoms with E-state index in [2.05, 4.69) is 12.2 Å². The molecule has 2 aliphatic heterocycles. The van der Waals surface area contributed by atoms with E-state index in [0.29, 0.717) is 17.9 Å². The van der Waals surface area contributed by atoms with Crippen LogP contribution in [0.1, 0.15) is 118 Å². The van der Waals surface area contributed by atoms with Crippen LogP contribution in [0.3, 0.4) is 0 Å². The number of rotatable bonds is 29. The molecule has 3 rings (SSSR count). The first kappa shape index (κ1) is 54.6. The average molecular weight is 904 g/mol. The van der Waals surface area contributed by atoms with Crippen LogP contribution < -0.4 is 10.1 Å². The number of esters is 2. The number of aliphatic hydroxyl groups excluding tert-OH is 8. The molecule has 63 heavy (non-hydrogen) atoms. The van der Waals surface area contributed by atoms with Gasteiger partial charge in [-0.2, -0.15) is 0 Å². The molecule has 0 amide bonds. The third-order valence-electron chi connectivity index (χ3n) is 11.6. The van der Waals surface area contributed by atoms with Crippen LogP contribution in [0.15, 0.2) is 24.3 Å². The molecule has 0 aromatic heterocycles. The molecule has 18 nitrogen and oxygen atoms in total. The minimum Gasteiger partial charge on any atom is -0.497 e. The number of carbonyl (C=O) groups excluding carboxylic acids is 2. The van der Waals surface area contributed by atoms with E-state index in [1.54, 1.807) is 38.1 Å². The fourth-order valence-electron chi connectivity index (χ4n) is 7.50. The van der Waals surface area contributed by atoms with Crippen LogP contribution in [0.25, 0.3) is 0 Å². The van der Waals surface area contributed by atoms with Crippen molar-refractivity contribution in [2.75, 3.05) is 25.6 Å². The van der Waals surface area contributed by atoms with Crippen molar-refractivity contribution in [2.24, 2.45) is 5.92 Å². The molecule has 18 heteroatoms. The van der Waals surface area contributed by atoms with Crippen LogP contribution in [0.5, 0.6) is 5.75 Å². The van der Waals surface area contributed by atoms with Crippen molar-refractivity contribution >= 4 is 17.6 Å². The number of methoxy groups -OCH3 is 1. The molecule has 2 heterocycles. The van der Waals surface area contributed by atoms with Gasteiger partial charge in [-0.05, 0) is 57.4 Å². The fraction of sp³-hybridized carbons (Fsp3) is 0.822. The molecule has 1 aromatic rings. The summed E-state index contributed by atoms with van der Waals surface area (Å²) in [6.07, 6.45) is -11.2. The lowest BCUT2D eigenvalue weighted by Crippen LogP contribution is -2.65. The SMILES string of the molecule is CCCCC[C@H](O)CCCCCCCCCC(=O)O[C@@H]1C(O[C@@H](CNc2ccc(OC)cc2)[C@@H](O)[C@H](O)[C@H](O)CO)O[C@H](C)[C@@H](OC(=O)C(C)C)[C@@H]1O[C@H]1O[C@H](C)[C@@H](O)[C@H](O)[C@@H]1O. The van der Waals surface area contributed by atoms with Crippen molar-refractivity contribution in [3.05, 3.63) is 24.3 Å². The Kier molecular flexibility index (Phi) is 24.6. The molecule has 1 unspecified atom stereocenters. The van der Waals surface area contributed by atoms with Crippen LogP contribution in [0.4, 0.5) is 5.69 Å². The molecular formula is C45H77NO17. The molecule has 2 aliphatic rings. The van der Waals surface area contributed by atoms with Crippen molar-refractivity contribution in [3.8, 4) is 5.75 Å². The zero-order chi connectivity index (χ0) is 46.6. The van der Waals surface area contributed by atoms with E-state index < -0.39 is 110 Å². The quantitative estimate of drug-likeness (QED) is 0.0413. The molecule has 0 radical (unpaired) electrons. The van der Waals surface area contributed by atoms with Gasteiger partial charge in [-0.3, -0.25) is 9.59 Å². The summed E-state index contributed by atoms with van der Waals surface area (Å²) in [4.78, 5) is 26.8. The first-order chi connectivity index (χ1) is 30.0. The van der Waals surface area contributed by atoms with E-state index >= 15 is 0 Å². The van der Waals surface area contributed by atoms with Crippen LogP contribution in [0.2, 0.25) is 0 Å². The van der Waals surface area contributed by atoms with Crippen LogP contribution in [0, 0.1) is 5.92 Å². The van der Waals surface area contributed by atoms with Crippen molar-refractivity contribution in [1.29, 1.82) is 0 Å². The number of nitrogens with one attached hydrogen (secondary N) is 1. The molecule has 1 aromatic carbocycles. The van der Waals surface area contributed by atoms with Gasteiger partial charge in [0.05, 0.1) is 37.9 Å². The maximum absolute atomic E-state index is 13.7. The van der Waals surface area contributed by atoms with Gasteiger partial charge in [0.15, 0.2) is 24.8 Å². The van der Waals surface area contributed by atoms with Gasteiger partial charge in [0.2, 0.25) is 0 Å². The molecule has 15 atom stereocenters. The molecule has 9 N–H and O–H groups in total. The number of hydrogen-bond donors (Lipinski definition) is 9. The van der Waals surface area contributed by atoms with Gasteiger partial charge in [-0.25, -0.2) is 0 Å². The predicted molar refractivity (Wildman–Crippen MR) is 229 cm³/mol. The minimum absolute atomic E-state index is 0.0388. The Hall–Kier alpha value is -2.72. The van der Waals surface area contributed by atoms with Crippen molar-refractivity contribution in [2.45, 2.75) is 210 Å². The average Bonchev–Trinajstić information content (AvgIpc) is 3.26. The van der Waals surface area contributed by atoms with Gasteiger partial charge in [-0.15, -0.1) is 0 Å². The summed E-state index contributed by atoms with van der Waals surface area (Å²) in [5.41, 5.74) is 0.548. The van der Waals surface area contributed by atoms with E-state index in [1.807, 2.05) is 0 Å². The normalized spacial score (nSPS) is 28.7. The largest absolute Gasteiger partial charge is 0.497 e. The van der Waals surface area contributed by atoms with E-state index in [1.165, 1.54) is 21.0 Å². The van der Waals surface area contributed by atoms with Crippen molar-refractivity contribution in [1.82, 2.24) is 0 Å². The Labute approximate surface area is 372 Å². The Morgan fingerprint density at radius 2 is 1.33 bits per heavy atom. The molecule has 364 valence electrons. The van der Waals surface area contributed by atoms with Crippen LogP contribution in [-0.2, 0) is 38.0 Å². The monoisotopic (exact) mass is 904 g/mol. The van der Waals surface area contributed by atoms with Gasteiger partial charge < -0.3 is 79.3 Å². The maximum Gasteiger partial charge on any atom is 0.308 e. The first-order valence-electron chi connectivity index (χ1n) is 22.8. The number of carbonyl (C=O) groups is 2. The summed E-state index contributed by atoms with van der Waals surface area (Å²) >= 11 is 0. The standard InChI is InChI=1S/C45H77NO17/c1-7-8-14-17-30(48)18-15-12-10-9-11-13-16-19-34(50)61-42-41(63-44-39(55)38(54)35(51)27(4)58-44)40(62-43(56)26(2)3)28(5)59-45(42)60-33(37(53)36(52)32(49)25-47)24-46-29-20-22-31(57-6)23-21-29/h20-23,26-28,30,32-33,35-42,44-49,51-55H,7-19,24-25H2,1-6H3/t27-,28-,30+,32-,33+,35-,36-,37-,38+,39+,40-,41+,42+,44-,45?/m1/s1. The molecule has 0 aliphatic carbocycles. The maximum atomic E-state index is 13.7. The van der Waals surface area contributed by atoms with Gasteiger partial charge in [0.25, 0.3) is 0 Å². The molecule has 2 fully saturated rings. The Morgan fingerprint density at radius 1 is 0.730 bits per heavy atom. The summed E-state index contributed by atoms with van der Waals surface area (Å²) in [5.74, 6) is -1.41. The second-order valence-electron chi connectivity index (χ2n) is 17.2. The predicted octanol–water partition coefficient (Wildman–Crippen LogP) is 2.46. The van der Waals surface area contributed by atoms with E-state index in [-0.39, 0.29) is 19.1 Å². The van der Waals surface area contributed by atoms with Gasteiger partial charge >= 0.3 is 11.9 Å². The van der Waals surface area contributed by atoms with E-state index in [9.17, 15) is 50.4 Å². The highest BCUT2D eigenvalue weighted by Gasteiger charge is 2.54. The Morgan fingerprint density at radius 3 is 1.94 bits per heavy atom. The number of unbranched alkanes of at least 4 members (excludes halogenated alkanes) is 8. The van der Waals surface area contributed by atoms with Gasteiger partial charge in [0, 0.05) is 18.7 Å². The van der Waals surface area contributed by atoms with Crippen molar-refractivity contribution in [3.63, 3.8) is 0 Å². The highest BCUT2D eigenvalue weighted by Crippen LogP contribution is 2.34. The second-order valence-corrected chi connectivity index (χ2v) is 17.2. The summed E-state index contributed by atoms with van der Waals surface area (Å²) in [6, 6.07) is 6.74. The first-order valence-corrected chi connectivity index (χ1v) is 22.8. The van der Waals surface area contributed by atoms with E-state index in [4.69, 9.17) is 33.2 Å². The van der Waals surface area contributed by atoms with E-state index in [0.717, 1.165) is 70.6 Å². The Balaban J connectivity index is 1.87.